The number of benzene rings is 1. The molecule has 1 aromatic carbocycles. The standard InChI is InChI=1S/C9H8O5/c10-8(11)5-14-7-3-1-6(2-4-7)9(12)13/h1-4H,5H2,(H,10,11)(H,12,13)/p-2. The highest BCUT2D eigenvalue weighted by atomic mass is 16.5. The number of carboxylic acids is 2. The Bertz CT molecular complexity index is 341. The average Bonchev–Trinajstić information content (AvgIpc) is 2.15. The van der Waals surface area contributed by atoms with Crippen LogP contribution in [0.25, 0.3) is 0 Å². The SMILES string of the molecule is O=C([O-])COc1ccc(C(=O)[O-])cc1. The molecule has 74 valence electrons. The van der Waals surface area contributed by atoms with E-state index in [1.807, 2.05) is 0 Å². The van der Waals surface area contributed by atoms with Crippen LogP contribution >= 0.6 is 0 Å². The van der Waals surface area contributed by atoms with Crippen molar-refractivity contribution < 1.29 is 24.5 Å². The molecule has 0 N–H and O–H groups in total. The normalized spacial score (nSPS) is 9.43. The molecule has 0 saturated carbocycles. The zero-order chi connectivity index (χ0) is 10.6. The van der Waals surface area contributed by atoms with Crippen molar-refractivity contribution in [3.63, 3.8) is 0 Å². The van der Waals surface area contributed by atoms with Gasteiger partial charge in [-0.2, -0.15) is 0 Å². The summed E-state index contributed by atoms with van der Waals surface area (Å²) in [5.41, 5.74) is 0.00537. The minimum Gasteiger partial charge on any atom is -0.546 e. The molecule has 0 amide bonds. The summed E-state index contributed by atoms with van der Waals surface area (Å²) in [6, 6.07) is 5.21. The maximum atomic E-state index is 10.3. The maximum absolute atomic E-state index is 10.3. The third kappa shape index (κ3) is 2.78. The van der Waals surface area contributed by atoms with Gasteiger partial charge in [-0.25, -0.2) is 0 Å². The minimum absolute atomic E-state index is 0.00537. The highest BCUT2D eigenvalue weighted by Crippen LogP contribution is 2.11. The third-order valence-electron chi connectivity index (χ3n) is 1.45. The maximum Gasteiger partial charge on any atom is 0.128 e. The van der Waals surface area contributed by atoms with Crippen LogP contribution < -0.4 is 14.9 Å². The van der Waals surface area contributed by atoms with E-state index in [0.29, 0.717) is 0 Å². The molecule has 1 aromatic rings. The first-order valence-corrected chi connectivity index (χ1v) is 3.73. The fourth-order valence-corrected chi connectivity index (χ4v) is 0.830. The number of carbonyl (C=O) groups is 2. The van der Waals surface area contributed by atoms with Gasteiger partial charge < -0.3 is 24.5 Å². The van der Waals surface area contributed by atoms with Crippen molar-refractivity contribution in [3.05, 3.63) is 29.8 Å². The number of aliphatic carboxylic acids is 1. The molecule has 0 spiro atoms. The molecule has 5 heteroatoms. The summed E-state index contributed by atoms with van der Waals surface area (Å²) in [4.78, 5) is 20.3. The van der Waals surface area contributed by atoms with E-state index in [-0.39, 0.29) is 11.3 Å². The van der Waals surface area contributed by atoms with Crippen LogP contribution in [0.4, 0.5) is 0 Å². The van der Waals surface area contributed by atoms with Crippen LogP contribution in [0.1, 0.15) is 10.4 Å². The first kappa shape index (κ1) is 10.0. The lowest BCUT2D eigenvalue weighted by Gasteiger charge is -2.07. The average molecular weight is 194 g/mol. The smallest absolute Gasteiger partial charge is 0.128 e. The molecule has 0 unspecified atom stereocenters. The number of rotatable bonds is 4. The Morgan fingerprint density at radius 2 is 1.71 bits per heavy atom. The van der Waals surface area contributed by atoms with Crippen molar-refractivity contribution in [1.29, 1.82) is 0 Å². The topological polar surface area (TPSA) is 89.5 Å². The Hall–Kier alpha value is -2.04. The monoisotopic (exact) mass is 194 g/mol. The van der Waals surface area contributed by atoms with Gasteiger partial charge in [0.25, 0.3) is 0 Å². The Labute approximate surface area is 79.6 Å². The van der Waals surface area contributed by atoms with E-state index in [2.05, 4.69) is 0 Å². The van der Waals surface area contributed by atoms with Gasteiger partial charge in [0.2, 0.25) is 0 Å². The van der Waals surface area contributed by atoms with Crippen LogP contribution in [0, 0.1) is 0 Å². The zero-order valence-electron chi connectivity index (χ0n) is 7.06. The van der Waals surface area contributed by atoms with Crippen LogP contribution in [0.15, 0.2) is 24.3 Å². The number of ether oxygens (including phenoxy) is 1. The van der Waals surface area contributed by atoms with Crippen molar-refractivity contribution in [2.75, 3.05) is 6.61 Å². The van der Waals surface area contributed by atoms with E-state index in [4.69, 9.17) is 4.74 Å². The van der Waals surface area contributed by atoms with Gasteiger partial charge in [-0.15, -0.1) is 0 Å². The van der Waals surface area contributed by atoms with E-state index in [1.54, 1.807) is 0 Å². The van der Waals surface area contributed by atoms with E-state index >= 15 is 0 Å². The van der Waals surface area contributed by atoms with E-state index in [0.717, 1.165) is 0 Å². The van der Waals surface area contributed by atoms with Crippen LogP contribution in [-0.2, 0) is 4.79 Å². The first-order chi connectivity index (χ1) is 6.59. The van der Waals surface area contributed by atoms with Crippen molar-refractivity contribution in [2.24, 2.45) is 0 Å². The second-order valence-electron chi connectivity index (χ2n) is 2.47. The lowest BCUT2D eigenvalue weighted by molar-refractivity contribution is -0.307. The van der Waals surface area contributed by atoms with Crippen LogP contribution in [0.2, 0.25) is 0 Å². The largest absolute Gasteiger partial charge is 0.546 e. The van der Waals surface area contributed by atoms with Crippen molar-refractivity contribution >= 4 is 11.9 Å². The summed E-state index contributed by atoms with van der Waals surface area (Å²) < 4.78 is 4.73. The second kappa shape index (κ2) is 4.27. The number of aromatic carboxylic acids is 1. The fourth-order valence-electron chi connectivity index (χ4n) is 0.830. The summed E-state index contributed by atoms with van der Waals surface area (Å²) in [7, 11) is 0. The van der Waals surface area contributed by atoms with Gasteiger partial charge in [0.15, 0.2) is 0 Å². The van der Waals surface area contributed by atoms with Gasteiger partial charge in [-0.05, 0) is 29.8 Å². The van der Waals surface area contributed by atoms with Gasteiger partial charge in [-0.1, -0.05) is 0 Å². The molecule has 14 heavy (non-hydrogen) atoms. The molecule has 0 fully saturated rings. The van der Waals surface area contributed by atoms with Crippen LogP contribution in [0.5, 0.6) is 5.75 Å². The molecular weight excluding hydrogens is 188 g/mol. The summed E-state index contributed by atoms with van der Waals surface area (Å²) in [5, 5.41) is 20.3. The number of carboxylic acid groups (broad SMARTS) is 2. The molecule has 0 aliphatic carbocycles. The van der Waals surface area contributed by atoms with E-state index in [9.17, 15) is 19.8 Å². The Morgan fingerprint density at radius 3 is 2.14 bits per heavy atom. The number of hydrogen-bond acceptors (Lipinski definition) is 5. The first-order valence-electron chi connectivity index (χ1n) is 3.73. The molecule has 0 aliphatic rings. The predicted molar refractivity (Wildman–Crippen MR) is 41.3 cm³/mol. The summed E-state index contributed by atoms with van der Waals surface area (Å²) in [6.45, 7) is -0.565. The molecule has 0 bridgehead atoms. The zero-order valence-corrected chi connectivity index (χ0v) is 7.06. The fraction of sp³-hybridized carbons (Fsp3) is 0.111. The number of hydrogen-bond donors (Lipinski definition) is 0. The lowest BCUT2D eigenvalue weighted by Crippen LogP contribution is -2.29. The van der Waals surface area contributed by atoms with Crippen LogP contribution in [0.3, 0.4) is 0 Å². The van der Waals surface area contributed by atoms with Crippen LogP contribution in [-0.4, -0.2) is 18.5 Å². The molecule has 0 atom stereocenters. The predicted octanol–water partition coefficient (Wildman–Crippen LogP) is -1.82. The Morgan fingerprint density at radius 1 is 1.14 bits per heavy atom. The summed E-state index contributed by atoms with van der Waals surface area (Å²) >= 11 is 0. The van der Waals surface area contributed by atoms with Gasteiger partial charge in [-0.3, -0.25) is 0 Å². The summed E-state index contributed by atoms with van der Waals surface area (Å²) in [6.07, 6.45) is 0. The van der Waals surface area contributed by atoms with Crippen molar-refractivity contribution in [3.8, 4) is 5.75 Å². The molecule has 0 radical (unpaired) electrons. The van der Waals surface area contributed by atoms with Gasteiger partial charge in [0.1, 0.15) is 12.4 Å². The van der Waals surface area contributed by atoms with E-state index in [1.165, 1.54) is 24.3 Å². The molecule has 5 nitrogen and oxygen atoms in total. The third-order valence-corrected chi connectivity index (χ3v) is 1.45. The molecule has 0 saturated heterocycles. The Kier molecular flexibility index (Phi) is 3.06. The minimum atomic E-state index is -1.34. The molecule has 0 aromatic heterocycles. The summed E-state index contributed by atoms with van der Waals surface area (Å²) in [5.74, 6) is -2.37. The quantitative estimate of drug-likeness (QED) is 0.562. The second-order valence-corrected chi connectivity index (χ2v) is 2.47. The van der Waals surface area contributed by atoms with Gasteiger partial charge >= 0.3 is 0 Å². The highest BCUT2D eigenvalue weighted by molar-refractivity contribution is 5.85. The molecule has 1 rings (SSSR count). The van der Waals surface area contributed by atoms with Gasteiger partial charge in [0.05, 0.1) is 11.9 Å². The molecule has 0 heterocycles. The van der Waals surface area contributed by atoms with Gasteiger partial charge in [0, 0.05) is 0 Å². The lowest BCUT2D eigenvalue weighted by atomic mass is 10.2. The molecular formula is C9H6O5-2. The highest BCUT2D eigenvalue weighted by Gasteiger charge is 1.95. The van der Waals surface area contributed by atoms with E-state index < -0.39 is 18.5 Å². The van der Waals surface area contributed by atoms with Crippen molar-refractivity contribution in [1.82, 2.24) is 0 Å². The Balaban J connectivity index is 2.64. The van der Waals surface area contributed by atoms with Crippen molar-refractivity contribution in [2.45, 2.75) is 0 Å². The number of carbonyl (C=O) groups excluding carboxylic acids is 2. The molecule has 0 aliphatic heterocycles.